The van der Waals surface area contributed by atoms with Crippen LogP contribution < -0.4 is 9.47 Å². The van der Waals surface area contributed by atoms with Crippen molar-refractivity contribution >= 4 is 28.6 Å². The van der Waals surface area contributed by atoms with Crippen molar-refractivity contribution in [1.29, 1.82) is 0 Å². The minimum absolute atomic E-state index is 0.215. The summed E-state index contributed by atoms with van der Waals surface area (Å²) in [6.07, 6.45) is 5.28. The Morgan fingerprint density at radius 1 is 1.02 bits per heavy atom. The van der Waals surface area contributed by atoms with E-state index in [0.29, 0.717) is 33.4 Å². The van der Waals surface area contributed by atoms with Crippen LogP contribution in [0.25, 0.3) is 22.4 Å². The number of hydrogen-bond donors (Lipinski definition) is 1. The molecule has 1 unspecified atom stereocenters. The van der Waals surface area contributed by atoms with Gasteiger partial charge in [0.05, 0.1) is 17.1 Å². The Labute approximate surface area is 249 Å². The highest BCUT2D eigenvalue weighted by molar-refractivity contribution is 6.30. The Balaban J connectivity index is 1.56. The lowest BCUT2D eigenvalue weighted by Crippen LogP contribution is -2.38. The van der Waals surface area contributed by atoms with Gasteiger partial charge in [-0.05, 0) is 94.0 Å². The lowest BCUT2D eigenvalue weighted by Gasteiger charge is -2.33. The molecule has 1 fully saturated rings. The second-order valence-corrected chi connectivity index (χ2v) is 12.0. The van der Waals surface area contributed by atoms with Crippen LogP contribution in [0.15, 0.2) is 48.5 Å². The third-order valence-electron chi connectivity index (χ3n) is 8.34. The Hall–Kier alpha value is -3.65. The number of aromatic nitrogens is 2. The lowest BCUT2D eigenvalue weighted by atomic mass is 9.83. The van der Waals surface area contributed by atoms with Gasteiger partial charge in [-0.1, -0.05) is 30.9 Å². The van der Waals surface area contributed by atoms with E-state index in [-0.39, 0.29) is 18.6 Å². The predicted molar refractivity (Wildman–Crippen MR) is 159 cm³/mol. The van der Waals surface area contributed by atoms with E-state index in [1.807, 2.05) is 30.5 Å². The quantitative estimate of drug-likeness (QED) is 0.209. The molecule has 0 spiro atoms. The molecule has 0 bridgehead atoms. The molecule has 1 atom stereocenters. The van der Waals surface area contributed by atoms with E-state index in [1.165, 1.54) is 19.9 Å². The molecule has 4 aromatic rings. The van der Waals surface area contributed by atoms with Crippen molar-refractivity contribution in [2.75, 3.05) is 6.61 Å². The molecule has 1 aromatic heterocycles. The van der Waals surface area contributed by atoms with Gasteiger partial charge in [0.15, 0.2) is 17.2 Å². The first kappa shape index (κ1) is 29.8. The predicted octanol–water partition coefficient (Wildman–Crippen LogP) is 8.69. The number of carbonyl (C=O) groups is 1. The minimum Gasteiger partial charge on any atom is -0.491 e. The normalized spacial score (nSPS) is 15.1. The fraction of sp³-hybridized carbons (Fsp3) is 0.394. The largest absolute Gasteiger partial charge is 0.491 e. The van der Waals surface area contributed by atoms with E-state index < -0.39 is 23.2 Å². The minimum atomic E-state index is -1.39. The Morgan fingerprint density at radius 3 is 2.31 bits per heavy atom. The van der Waals surface area contributed by atoms with E-state index in [9.17, 15) is 18.7 Å². The van der Waals surface area contributed by atoms with Crippen LogP contribution in [-0.2, 0) is 4.79 Å². The zero-order chi connectivity index (χ0) is 30.2. The molecule has 0 amide bonds. The number of fused-ring (bicyclic) bond motifs is 1. The first-order valence-electron chi connectivity index (χ1n) is 14.2. The zero-order valence-corrected chi connectivity index (χ0v) is 25.0. The fourth-order valence-electron chi connectivity index (χ4n) is 5.70. The summed E-state index contributed by atoms with van der Waals surface area (Å²) in [5, 5.41) is 10.1. The average Bonchev–Trinajstić information content (AvgIpc) is 3.31. The molecular formula is C33H35ClF2N2O4. The van der Waals surface area contributed by atoms with E-state index in [4.69, 9.17) is 26.1 Å². The number of ether oxygens (including phenoxy) is 2. The smallest absolute Gasteiger partial charge is 0.347 e. The third-order valence-corrected chi connectivity index (χ3v) is 8.59. The maximum absolute atomic E-state index is 14.6. The van der Waals surface area contributed by atoms with Gasteiger partial charge >= 0.3 is 5.97 Å². The van der Waals surface area contributed by atoms with Crippen LogP contribution in [0, 0.1) is 31.4 Å². The van der Waals surface area contributed by atoms with Gasteiger partial charge in [-0.15, -0.1) is 0 Å². The van der Waals surface area contributed by atoms with Crippen molar-refractivity contribution in [3.05, 3.63) is 76.3 Å². The molecule has 1 N–H and O–H groups in total. The molecule has 5 rings (SSSR count). The first-order chi connectivity index (χ1) is 20.0. The second kappa shape index (κ2) is 11.9. The van der Waals surface area contributed by atoms with E-state index in [1.54, 1.807) is 24.3 Å². The summed E-state index contributed by atoms with van der Waals surface area (Å²) in [5.74, 6) is -0.993. The van der Waals surface area contributed by atoms with Crippen LogP contribution >= 0.6 is 11.6 Å². The average molecular weight is 597 g/mol. The molecule has 1 aliphatic rings. The van der Waals surface area contributed by atoms with Gasteiger partial charge in [0.25, 0.3) is 0 Å². The van der Waals surface area contributed by atoms with Crippen molar-refractivity contribution in [2.24, 2.45) is 5.92 Å². The molecule has 1 heterocycles. The standard InChI is InChI=1S/C33H35ClF2N2O4/c1-19-20(2)30(42-33(3,4)32(39)40)15-14-29(19)41-18-28(21-8-6-5-7-9-21)38-27-17-25(36)24(35)16-26(27)37-31(38)22-10-12-23(34)13-11-22/h10-17,21,28H,5-9,18H2,1-4H3,(H,39,40). The molecule has 6 nitrogen and oxygen atoms in total. The van der Waals surface area contributed by atoms with Gasteiger partial charge in [-0.3, -0.25) is 0 Å². The number of carboxylic acids is 1. The summed E-state index contributed by atoms with van der Waals surface area (Å²) >= 11 is 6.17. The van der Waals surface area contributed by atoms with Gasteiger partial charge in [0.2, 0.25) is 0 Å². The molecule has 42 heavy (non-hydrogen) atoms. The van der Waals surface area contributed by atoms with Crippen LogP contribution in [-0.4, -0.2) is 32.8 Å². The highest BCUT2D eigenvalue weighted by atomic mass is 35.5. The van der Waals surface area contributed by atoms with Gasteiger partial charge in [0.1, 0.15) is 23.9 Å². The summed E-state index contributed by atoms with van der Waals surface area (Å²) in [4.78, 5) is 16.4. The summed E-state index contributed by atoms with van der Waals surface area (Å²) < 4.78 is 43.3. The number of aliphatic carboxylic acids is 1. The van der Waals surface area contributed by atoms with Crippen LogP contribution in [0.2, 0.25) is 5.02 Å². The Kier molecular flexibility index (Phi) is 8.46. The van der Waals surface area contributed by atoms with Crippen molar-refractivity contribution in [3.63, 3.8) is 0 Å². The number of benzene rings is 3. The summed E-state index contributed by atoms with van der Waals surface area (Å²) in [6, 6.07) is 12.9. The van der Waals surface area contributed by atoms with Gasteiger partial charge < -0.3 is 19.1 Å². The number of imidazole rings is 1. The summed E-state index contributed by atoms with van der Waals surface area (Å²) in [5.41, 5.74) is 1.88. The van der Waals surface area contributed by atoms with E-state index in [0.717, 1.165) is 54.9 Å². The summed E-state index contributed by atoms with van der Waals surface area (Å²) in [6.45, 7) is 7.06. The Morgan fingerprint density at radius 2 is 1.64 bits per heavy atom. The maximum atomic E-state index is 14.6. The van der Waals surface area contributed by atoms with Crippen LogP contribution in [0.3, 0.4) is 0 Å². The molecule has 9 heteroatoms. The number of carboxylic acid groups (broad SMARTS) is 1. The second-order valence-electron chi connectivity index (χ2n) is 11.6. The van der Waals surface area contributed by atoms with Crippen LogP contribution in [0.5, 0.6) is 11.5 Å². The van der Waals surface area contributed by atoms with Gasteiger partial charge in [0, 0.05) is 22.7 Å². The zero-order valence-electron chi connectivity index (χ0n) is 24.2. The first-order valence-corrected chi connectivity index (χ1v) is 14.6. The summed E-state index contributed by atoms with van der Waals surface area (Å²) in [7, 11) is 0. The fourth-order valence-corrected chi connectivity index (χ4v) is 5.83. The number of rotatable bonds is 9. The van der Waals surface area contributed by atoms with Crippen molar-refractivity contribution in [1.82, 2.24) is 9.55 Å². The molecule has 1 saturated carbocycles. The number of halogens is 3. The maximum Gasteiger partial charge on any atom is 0.347 e. The Bertz CT molecular complexity index is 1610. The highest BCUT2D eigenvalue weighted by Crippen LogP contribution is 2.40. The van der Waals surface area contributed by atoms with E-state index >= 15 is 0 Å². The third kappa shape index (κ3) is 5.95. The SMILES string of the molecule is Cc1c(OCC(C2CCCCC2)n2c(-c3ccc(Cl)cc3)nc3cc(F)c(F)cc32)ccc(OC(C)(C)C(=O)O)c1C. The molecule has 1 aliphatic carbocycles. The van der Waals surface area contributed by atoms with Gasteiger partial charge in [-0.25, -0.2) is 18.6 Å². The van der Waals surface area contributed by atoms with Gasteiger partial charge in [-0.2, -0.15) is 0 Å². The monoisotopic (exact) mass is 596 g/mol. The highest BCUT2D eigenvalue weighted by Gasteiger charge is 2.32. The molecule has 0 aliphatic heterocycles. The topological polar surface area (TPSA) is 73.6 Å². The molecule has 0 saturated heterocycles. The molecular weight excluding hydrogens is 562 g/mol. The van der Waals surface area contributed by atoms with E-state index in [2.05, 4.69) is 0 Å². The number of nitrogens with zero attached hydrogens (tertiary/aromatic N) is 2. The molecule has 3 aromatic carbocycles. The van der Waals surface area contributed by atoms with Crippen molar-refractivity contribution in [2.45, 2.75) is 71.4 Å². The van der Waals surface area contributed by atoms with Crippen LogP contribution in [0.4, 0.5) is 8.78 Å². The van der Waals surface area contributed by atoms with Crippen molar-refractivity contribution < 1.29 is 28.2 Å². The van der Waals surface area contributed by atoms with Crippen molar-refractivity contribution in [3.8, 4) is 22.9 Å². The lowest BCUT2D eigenvalue weighted by molar-refractivity contribution is -0.152. The number of hydrogen-bond acceptors (Lipinski definition) is 4. The molecule has 0 radical (unpaired) electrons. The molecule has 222 valence electrons. The van der Waals surface area contributed by atoms with Crippen LogP contribution in [0.1, 0.15) is 63.1 Å².